The third-order valence-electron chi connectivity index (χ3n) is 9.14. The summed E-state index contributed by atoms with van der Waals surface area (Å²) in [5.74, 6) is 0. The Balaban J connectivity index is 0.000000155. The standard InChI is InChI=1S/5C7H8N4O2/c5*1-10-3-8-5-4(10)6(12)9-7(13)11(5)2/h5*3H,1-2H3,(H,9,12,13)/i2*2D3,3D;3*3D. The average Bonchev–Trinajstić information content (AvgIpc) is 4.05. The van der Waals surface area contributed by atoms with Crippen molar-refractivity contribution in [1.29, 1.82) is 0 Å². The lowest BCUT2D eigenvalue weighted by Gasteiger charge is -1.97. The van der Waals surface area contributed by atoms with Gasteiger partial charge in [0, 0.05) is 78.6 Å². The van der Waals surface area contributed by atoms with Crippen molar-refractivity contribution in [3.63, 3.8) is 0 Å². The first-order chi connectivity index (χ1) is 35.0. The van der Waals surface area contributed by atoms with E-state index in [9.17, 15) is 47.9 Å². The van der Waals surface area contributed by atoms with Crippen molar-refractivity contribution in [3.05, 3.63) is 136 Å². The predicted octanol–water partition coefficient (Wildman–Crippen LogP) is -5.20. The van der Waals surface area contributed by atoms with Crippen molar-refractivity contribution >= 4 is 55.8 Å². The molecule has 0 amide bonds. The van der Waals surface area contributed by atoms with Crippen molar-refractivity contribution in [3.8, 4) is 0 Å². The first-order valence-corrected chi connectivity index (χ1v) is 17.8. The third-order valence-corrected chi connectivity index (χ3v) is 9.14. The molecule has 0 saturated carbocycles. The highest BCUT2D eigenvalue weighted by Crippen LogP contribution is 2.04. The zero-order valence-electron chi connectivity index (χ0n) is 45.8. The molecule has 65 heavy (non-hydrogen) atoms. The SMILES string of the molecule is [2H]c1nc2c(c(=O)[nH]c(=O)n2C([2H])([2H])[2H])n1C.[2H]c1nc2c(c(=O)[nH]c(=O)n2C([2H])([2H])[2H])n1C.[2H]c1nc2c(c(=O)[nH]c(=O)n2C)n1C.[2H]c1nc2c(c(=O)[nH]c(=O)n2C)n1C.[2H]c1nc2c(c(=O)[nH]c(=O)n2C)n1C. The summed E-state index contributed by atoms with van der Waals surface area (Å²) in [5.41, 5.74) is -6.28. The van der Waals surface area contributed by atoms with Crippen LogP contribution in [-0.2, 0) is 70.3 Å². The van der Waals surface area contributed by atoms with Crippen LogP contribution >= 0.6 is 0 Å². The minimum atomic E-state index is -2.76. The van der Waals surface area contributed by atoms with Gasteiger partial charge in [-0.2, -0.15) is 0 Å². The molecule has 0 saturated heterocycles. The van der Waals surface area contributed by atoms with Gasteiger partial charge in [0.2, 0.25) is 0 Å². The van der Waals surface area contributed by atoms with Gasteiger partial charge in [0.05, 0.1) is 31.5 Å². The molecule has 10 aromatic rings. The molecule has 0 atom stereocenters. The predicted molar refractivity (Wildman–Crippen MR) is 233 cm³/mol. The summed E-state index contributed by atoms with van der Waals surface area (Å²) in [5, 5.41) is 0. The second-order valence-corrected chi connectivity index (χ2v) is 13.4. The number of nitrogens with zero attached hydrogens (tertiary/aromatic N) is 15. The maximum atomic E-state index is 11.5. The minimum absolute atomic E-state index is 0.0494. The quantitative estimate of drug-likeness (QED) is 0.0950. The Kier molecular flexibility index (Phi) is 8.62. The summed E-state index contributed by atoms with van der Waals surface area (Å²) in [7, 11) is 11.9. The van der Waals surface area contributed by atoms with Crippen LogP contribution in [0.4, 0.5) is 0 Å². The number of rotatable bonds is 0. The summed E-state index contributed by atoms with van der Waals surface area (Å²) < 4.78 is 90.9. The van der Waals surface area contributed by atoms with Crippen LogP contribution in [0.1, 0.15) is 15.1 Å². The molecule has 30 heteroatoms. The van der Waals surface area contributed by atoms with Gasteiger partial charge in [0.15, 0.2) is 55.8 Å². The fraction of sp³-hybridized carbons (Fsp3) is 0.286. The highest BCUT2D eigenvalue weighted by molar-refractivity contribution is 5.72. The average molecular weight is 912 g/mol. The Labute approximate surface area is 372 Å². The number of aryl methyl sites for hydroxylation is 10. The molecule has 0 aliphatic rings. The van der Waals surface area contributed by atoms with Gasteiger partial charge in [0.25, 0.3) is 27.8 Å². The fourth-order valence-electron chi connectivity index (χ4n) is 5.79. The molecule has 30 nitrogen and oxygen atoms in total. The fourth-order valence-corrected chi connectivity index (χ4v) is 5.79. The number of nitrogens with one attached hydrogen (secondary N) is 5. The number of H-pyrrole nitrogens is 5. The lowest BCUT2D eigenvalue weighted by Crippen LogP contribution is -2.28. The lowest BCUT2D eigenvalue weighted by atomic mass is 10.5. The van der Waals surface area contributed by atoms with E-state index in [1.807, 2.05) is 9.97 Å². The zero-order chi connectivity index (χ0) is 57.3. The maximum Gasteiger partial charge on any atom is 0.329 e. The molecule has 0 radical (unpaired) electrons. The van der Waals surface area contributed by atoms with Gasteiger partial charge >= 0.3 is 28.4 Å². The Bertz CT molecular complexity index is 4250. The summed E-state index contributed by atoms with van der Waals surface area (Å²) >= 11 is 0. The molecule has 10 rings (SSSR count). The molecule has 0 aliphatic carbocycles. The normalized spacial score (nSPS) is 13.8. The second kappa shape index (κ2) is 17.3. The van der Waals surface area contributed by atoms with Crippen LogP contribution in [0.3, 0.4) is 0 Å². The van der Waals surface area contributed by atoms with Gasteiger partial charge < -0.3 is 22.8 Å². The highest BCUT2D eigenvalue weighted by atomic mass is 16.2. The summed E-state index contributed by atoms with van der Waals surface area (Å²) in [4.78, 5) is 142. The molecule has 10 heterocycles. The number of aromatic nitrogens is 20. The van der Waals surface area contributed by atoms with E-state index in [1.165, 1.54) is 62.6 Å². The topological polar surface area (TPSA) is 363 Å². The largest absolute Gasteiger partial charge is 0.329 e. The Morgan fingerprint density at radius 1 is 0.338 bits per heavy atom. The summed E-state index contributed by atoms with van der Waals surface area (Å²) in [6.07, 6.45) is -0.742. The number of fused-ring (bicyclic) bond motifs is 5. The van der Waals surface area contributed by atoms with Crippen molar-refractivity contribution in [2.75, 3.05) is 0 Å². The van der Waals surface area contributed by atoms with Crippen molar-refractivity contribution < 1.29 is 15.1 Å². The Hall–Kier alpha value is -9.25. The van der Waals surface area contributed by atoms with E-state index < -0.39 is 70.2 Å². The Morgan fingerprint density at radius 3 is 0.692 bits per heavy atom. The first-order valence-electron chi connectivity index (χ1n) is 23.3. The smallest absolute Gasteiger partial charge is 0.328 e. The zero-order valence-corrected chi connectivity index (χ0v) is 34.8. The van der Waals surface area contributed by atoms with Gasteiger partial charge in [-0.05, 0) is 0 Å². The van der Waals surface area contributed by atoms with Gasteiger partial charge in [-0.25, -0.2) is 48.9 Å². The van der Waals surface area contributed by atoms with Crippen molar-refractivity contribution in [2.45, 2.75) is 0 Å². The van der Waals surface area contributed by atoms with Crippen LogP contribution in [0, 0.1) is 0 Å². The number of imidazole rings is 5. The van der Waals surface area contributed by atoms with Crippen LogP contribution in [0.5, 0.6) is 0 Å². The minimum Gasteiger partial charge on any atom is -0.328 e. The van der Waals surface area contributed by atoms with Crippen LogP contribution in [-0.4, -0.2) is 95.5 Å². The van der Waals surface area contributed by atoms with E-state index in [4.69, 9.17) is 15.1 Å². The molecule has 0 unspecified atom stereocenters. The summed E-state index contributed by atoms with van der Waals surface area (Å²) in [6, 6.07) is 0. The summed E-state index contributed by atoms with van der Waals surface area (Å²) in [6.45, 7) is -5.53. The molecule has 10 aromatic heterocycles. The molecular weight excluding hydrogens is 861 g/mol. The van der Waals surface area contributed by atoms with E-state index in [1.54, 1.807) is 21.1 Å². The molecule has 0 aliphatic heterocycles. The molecule has 5 N–H and O–H groups in total. The van der Waals surface area contributed by atoms with Crippen LogP contribution < -0.4 is 56.2 Å². The van der Waals surface area contributed by atoms with Gasteiger partial charge in [-0.15, -0.1) is 0 Å². The molecule has 0 aromatic carbocycles. The second-order valence-electron chi connectivity index (χ2n) is 13.4. The molecular formula is C35H40N20O10. The van der Waals surface area contributed by atoms with Crippen LogP contribution in [0.2, 0.25) is 0 Å². The molecule has 0 fully saturated rings. The van der Waals surface area contributed by atoms with E-state index in [2.05, 4.69) is 39.9 Å². The van der Waals surface area contributed by atoms with E-state index >= 15 is 0 Å². The van der Waals surface area contributed by atoms with Gasteiger partial charge in [-0.1, -0.05) is 0 Å². The van der Waals surface area contributed by atoms with E-state index in [-0.39, 0.29) is 87.3 Å². The number of hydrogen-bond donors (Lipinski definition) is 5. The first kappa shape index (κ1) is 32.5. The molecule has 340 valence electrons. The van der Waals surface area contributed by atoms with Gasteiger partial charge in [0.1, 0.15) is 6.85 Å². The number of hydrogen-bond acceptors (Lipinski definition) is 15. The van der Waals surface area contributed by atoms with Crippen molar-refractivity contribution in [1.82, 2.24) is 95.5 Å². The van der Waals surface area contributed by atoms with Crippen LogP contribution in [0.15, 0.2) is 79.5 Å². The van der Waals surface area contributed by atoms with E-state index in [0.717, 1.165) is 9.13 Å². The lowest BCUT2D eigenvalue weighted by molar-refractivity contribution is 0.829. The van der Waals surface area contributed by atoms with Crippen LogP contribution in [0.25, 0.3) is 55.8 Å². The highest BCUT2D eigenvalue weighted by Gasteiger charge is 2.12. The Morgan fingerprint density at radius 2 is 0.508 bits per heavy atom. The van der Waals surface area contributed by atoms with E-state index in [0.29, 0.717) is 9.13 Å². The molecule has 0 spiro atoms. The van der Waals surface area contributed by atoms with Crippen molar-refractivity contribution in [2.24, 2.45) is 70.3 Å². The monoisotopic (exact) mass is 911 g/mol. The van der Waals surface area contributed by atoms with Gasteiger partial charge in [-0.3, -0.25) is 71.7 Å². The third kappa shape index (κ3) is 8.27. The number of aromatic amines is 5. The maximum absolute atomic E-state index is 11.5. The molecule has 0 bridgehead atoms.